The summed E-state index contributed by atoms with van der Waals surface area (Å²) in [6.07, 6.45) is 2.79. The highest BCUT2D eigenvalue weighted by Gasteiger charge is 2.28. The summed E-state index contributed by atoms with van der Waals surface area (Å²) in [4.78, 5) is 4.29. The van der Waals surface area contributed by atoms with Gasteiger partial charge in [0.2, 0.25) is 0 Å². The predicted octanol–water partition coefficient (Wildman–Crippen LogP) is 2.55. The van der Waals surface area contributed by atoms with Crippen molar-refractivity contribution in [2.75, 3.05) is 0 Å². The number of nitrogens with zero attached hydrogens (tertiary/aromatic N) is 2. The van der Waals surface area contributed by atoms with Gasteiger partial charge in [0.05, 0.1) is 0 Å². The number of halogens is 1. The first-order valence-electron chi connectivity index (χ1n) is 7.11. The lowest BCUT2D eigenvalue weighted by Gasteiger charge is -2.12. The zero-order valence-electron chi connectivity index (χ0n) is 11.9. The zero-order valence-corrected chi connectivity index (χ0v) is 11.9. The maximum Gasteiger partial charge on any atom is 0.264 e. The Kier molecular flexibility index (Phi) is 3.88. The summed E-state index contributed by atoms with van der Waals surface area (Å²) < 4.78 is 24.1. The number of rotatable bonds is 6. The maximum atomic E-state index is 13.3. The van der Waals surface area contributed by atoms with E-state index < -0.39 is 0 Å². The average Bonchev–Trinajstić information content (AvgIpc) is 3.17. The summed E-state index contributed by atoms with van der Waals surface area (Å²) in [5.41, 5.74) is 6.52. The predicted molar refractivity (Wildman–Crippen MR) is 74.4 cm³/mol. The van der Waals surface area contributed by atoms with Gasteiger partial charge in [0.25, 0.3) is 5.89 Å². The largest absolute Gasteiger partial charge is 0.483 e. The fraction of sp³-hybridized carbons (Fsp3) is 0.467. The van der Waals surface area contributed by atoms with Crippen LogP contribution in [0.15, 0.2) is 22.7 Å². The van der Waals surface area contributed by atoms with Gasteiger partial charge in [0.1, 0.15) is 11.6 Å². The van der Waals surface area contributed by atoms with Crippen molar-refractivity contribution in [3.8, 4) is 5.75 Å². The van der Waals surface area contributed by atoms with Crippen molar-refractivity contribution >= 4 is 0 Å². The van der Waals surface area contributed by atoms with Gasteiger partial charge in [-0.1, -0.05) is 5.16 Å². The van der Waals surface area contributed by atoms with Crippen molar-refractivity contribution in [1.82, 2.24) is 10.1 Å². The van der Waals surface area contributed by atoms with E-state index in [1.165, 1.54) is 12.1 Å². The number of hydrogen-bond donors (Lipinski definition) is 1. The van der Waals surface area contributed by atoms with Crippen LogP contribution in [0.4, 0.5) is 4.39 Å². The maximum absolute atomic E-state index is 13.3. The Balaban J connectivity index is 1.68. The Bertz CT molecular complexity index is 623. The first kappa shape index (κ1) is 14.0. The van der Waals surface area contributed by atoms with Gasteiger partial charge in [0.15, 0.2) is 12.4 Å². The van der Waals surface area contributed by atoms with E-state index in [2.05, 4.69) is 10.1 Å². The minimum atomic E-state index is -0.299. The first-order valence-corrected chi connectivity index (χ1v) is 7.11. The molecule has 0 spiro atoms. The van der Waals surface area contributed by atoms with E-state index in [-0.39, 0.29) is 18.5 Å². The monoisotopic (exact) mass is 291 g/mol. The molecular weight excluding hydrogens is 273 g/mol. The molecule has 1 fully saturated rings. The average molecular weight is 291 g/mol. The van der Waals surface area contributed by atoms with E-state index in [1.807, 2.05) is 6.92 Å². The fourth-order valence-electron chi connectivity index (χ4n) is 2.17. The van der Waals surface area contributed by atoms with Gasteiger partial charge in [-0.2, -0.15) is 4.98 Å². The van der Waals surface area contributed by atoms with Crippen LogP contribution in [-0.2, 0) is 13.0 Å². The van der Waals surface area contributed by atoms with E-state index in [4.69, 9.17) is 15.0 Å². The molecule has 1 aliphatic rings. The second-order valence-electron chi connectivity index (χ2n) is 5.54. The number of nitrogens with two attached hydrogens (primary N) is 1. The third-order valence-corrected chi connectivity index (χ3v) is 3.34. The number of benzene rings is 1. The highest BCUT2D eigenvalue weighted by atomic mass is 19.1. The van der Waals surface area contributed by atoms with Gasteiger partial charge in [-0.05, 0) is 49.9 Å². The first-order chi connectivity index (χ1) is 10.1. The second kappa shape index (κ2) is 5.81. The summed E-state index contributed by atoms with van der Waals surface area (Å²) in [5, 5.41) is 3.93. The van der Waals surface area contributed by atoms with Crippen molar-refractivity contribution in [2.24, 2.45) is 5.73 Å². The zero-order chi connectivity index (χ0) is 14.8. The van der Waals surface area contributed by atoms with Gasteiger partial charge in [-0.15, -0.1) is 0 Å². The highest BCUT2D eigenvalue weighted by molar-refractivity contribution is 5.34. The lowest BCUT2D eigenvalue weighted by atomic mass is 10.1. The Hall–Kier alpha value is -1.95. The van der Waals surface area contributed by atoms with Crippen LogP contribution in [0.25, 0.3) is 0 Å². The normalized spacial score (nSPS) is 16.0. The molecule has 0 saturated heterocycles. The standard InChI is InChI=1S/C15H18FN3O2/c1-9(17)6-11-7-12(16)4-5-13(11)20-8-14-18-15(19-21-14)10-2-3-10/h4-5,7,9-10H,2-3,6,8,17H2,1H3. The molecule has 1 aromatic carbocycles. The molecule has 21 heavy (non-hydrogen) atoms. The van der Waals surface area contributed by atoms with Crippen molar-refractivity contribution < 1.29 is 13.7 Å². The van der Waals surface area contributed by atoms with E-state index in [9.17, 15) is 4.39 Å². The third-order valence-electron chi connectivity index (χ3n) is 3.34. The Labute approximate surface area is 122 Å². The minimum Gasteiger partial charge on any atom is -0.483 e. The van der Waals surface area contributed by atoms with Crippen LogP contribution in [0.5, 0.6) is 5.75 Å². The quantitative estimate of drug-likeness (QED) is 0.885. The molecule has 0 bridgehead atoms. The Morgan fingerprint density at radius 1 is 1.48 bits per heavy atom. The van der Waals surface area contributed by atoms with Crippen LogP contribution in [0.2, 0.25) is 0 Å². The molecule has 112 valence electrons. The molecule has 1 aliphatic carbocycles. The SMILES string of the molecule is CC(N)Cc1cc(F)ccc1OCc1nc(C2CC2)no1. The Morgan fingerprint density at radius 2 is 2.29 bits per heavy atom. The fourth-order valence-corrected chi connectivity index (χ4v) is 2.17. The summed E-state index contributed by atoms with van der Waals surface area (Å²) in [6, 6.07) is 4.34. The number of aromatic nitrogens is 2. The van der Waals surface area contributed by atoms with Crippen LogP contribution in [0, 0.1) is 5.82 Å². The molecule has 5 nitrogen and oxygen atoms in total. The van der Waals surface area contributed by atoms with Crippen LogP contribution < -0.4 is 10.5 Å². The molecule has 0 amide bonds. The van der Waals surface area contributed by atoms with Crippen molar-refractivity contribution in [1.29, 1.82) is 0 Å². The molecule has 6 heteroatoms. The van der Waals surface area contributed by atoms with E-state index in [0.29, 0.717) is 24.0 Å². The molecule has 1 atom stereocenters. The van der Waals surface area contributed by atoms with E-state index >= 15 is 0 Å². The van der Waals surface area contributed by atoms with E-state index in [1.54, 1.807) is 6.07 Å². The van der Waals surface area contributed by atoms with Crippen LogP contribution >= 0.6 is 0 Å². The molecule has 0 radical (unpaired) electrons. The lowest BCUT2D eigenvalue weighted by molar-refractivity contribution is 0.240. The van der Waals surface area contributed by atoms with Gasteiger partial charge in [-0.25, -0.2) is 4.39 Å². The summed E-state index contributed by atoms with van der Waals surface area (Å²) in [7, 11) is 0. The topological polar surface area (TPSA) is 74.2 Å². The highest BCUT2D eigenvalue weighted by Crippen LogP contribution is 2.38. The summed E-state index contributed by atoms with van der Waals surface area (Å²) in [5.74, 6) is 1.94. The number of ether oxygens (including phenoxy) is 1. The second-order valence-corrected chi connectivity index (χ2v) is 5.54. The van der Waals surface area contributed by atoms with E-state index in [0.717, 1.165) is 24.2 Å². The summed E-state index contributed by atoms with van der Waals surface area (Å²) in [6.45, 7) is 2.05. The molecular formula is C15H18FN3O2. The summed E-state index contributed by atoms with van der Waals surface area (Å²) >= 11 is 0. The molecule has 2 N–H and O–H groups in total. The van der Waals surface area contributed by atoms with Crippen molar-refractivity contribution in [3.63, 3.8) is 0 Å². The van der Waals surface area contributed by atoms with Crippen LogP contribution in [0.1, 0.15) is 43.0 Å². The van der Waals surface area contributed by atoms with Gasteiger partial charge in [-0.3, -0.25) is 0 Å². The lowest BCUT2D eigenvalue weighted by Crippen LogP contribution is -2.18. The molecule has 3 rings (SSSR count). The minimum absolute atomic E-state index is 0.0703. The third kappa shape index (κ3) is 3.58. The smallest absolute Gasteiger partial charge is 0.264 e. The van der Waals surface area contributed by atoms with Crippen LogP contribution in [0.3, 0.4) is 0 Å². The van der Waals surface area contributed by atoms with Gasteiger partial charge in [0, 0.05) is 12.0 Å². The van der Waals surface area contributed by atoms with Crippen molar-refractivity contribution in [3.05, 3.63) is 41.3 Å². The Morgan fingerprint density at radius 3 is 3.00 bits per heavy atom. The molecule has 1 aromatic heterocycles. The molecule has 1 heterocycles. The van der Waals surface area contributed by atoms with Crippen LogP contribution in [-0.4, -0.2) is 16.2 Å². The molecule has 1 unspecified atom stereocenters. The van der Waals surface area contributed by atoms with Gasteiger partial charge >= 0.3 is 0 Å². The van der Waals surface area contributed by atoms with Crippen molar-refractivity contribution in [2.45, 2.75) is 44.8 Å². The molecule has 2 aromatic rings. The number of hydrogen-bond acceptors (Lipinski definition) is 5. The molecule has 1 saturated carbocycles. The van der Waals surface area contributed by atoms with Gasteiger partial charge < -0.3 is 15.0 Å². The molecule has 0 aliphatic heterocycles.